The normalized spacial score (nSPS) is 14.4. The lowest BCUT2D eigenvalue weighted by molar-refractivity contribution is 0.0520. The predicted octanol–water partition coefficient (Wildman–Crippen LogP) is 3.16. The number of amides is 1. The topological polar surface area (TPSA) is 59.6 Å². The first-order valence-electron chi connectivity index (χ1n) is 7.39. The number of hydrogen-bond donors (Lipinski definition) is 2. The Hall–Kier alpha value is -1.91. The minimum atomic E-state index is -0.478. The minimum absolute atomic E-state index is 0.409. The zero-order valence-electron chi connectivity index (χ0n) is 12.9. The van der Waals surface area contributed by atoms with Gasteiger partial charge in [-0.05, 0) is 45.7 Å². The Morgan fingerprint density at radius 3 is 2.76 bits per heavy atom. The van der Waals surface area contributed by atoms with Crippen LogP contribution in [0.15, 0.2) is 24.3 Å². The maximum atomic E-state index is 11.5. The molecule has 0 atom stereocenters. The molecule has 0 aromatic heterocycles. The fourth-order valence-electron chi connectivity index (χ4n) is 1.78. The van der Waals surface area contributed by atoms with E-state index in [0.717, 1.165) is 11.4 Å². The van der Waals surface area contributed by atoms with Crippen LogP contribution in [0.5, 0.6) is 5.75 Å². The molecule has 5 heteroatoms. The number of anilines is 1. The van der Waals surface area contributed by atoms with Gasteiger partial charge in [0.2, 0.25) is 0 Å². The van der Waals surface area contributed by atoms with E-state index in [4.69, 9.17) is 9.47 Å². The van der Waals surface area contributed by atoms with Crippen molar-refractivity contribution in [3.05, 3.63) is 24.3 Å². The van der Waals surface area contributed by atoms with Crippen LogP contribution in [-0.2, 0) is 4.74 Å². The van der Waals surface area contributed by atoms with Crippen LogP contribution in [0.3, 0.4) is 0 Å². The third kappa shape index (κ3) is 6.38. The second-order valence-corrected chi connectivity index (χ2v) is 6.22. The zero-order valence-corrected chi connectivity index (χ0v) is 12.9. The molecule has 0 radical (unpaired) electrons. The Bertz CT molecular complexity index is 479. The highest BCUT2D eigenvalue weighted by Gasteiger charge is 2.20. The number of alkyl carbamates (subject to hydrolysis) is 1. The molecule has 21 heavy (non-hydrogen) atoms. The summed E-state index contributed by atoms with van der Waals surface area (Å²) in [6.45, 7) is 6.33. The van der Waals surface area contributed by atoms with E-state index in [9.17, 15) is 4.79 Å². The summed E-state index contributed by atoms with van der Waals surface area (Å²) in [4.78, 5) is 11.5. The fourth-order valence-corrected chi connectivity index (χ4v) is 1.78. The molecule has 1 amide bonds. The molecular formula is C16H24N2O3. The van der Waals surface area contributed by atoms with Gasteiger partial charge in [0.15, 0.2) is 0 Å². The van der Waals surface area contributed by atoms with Crippen molar-refractivity contribution in [1.29, 1.82) is 0 Å². The monoisotopic (exact) mass is 292 g/mol. The first-order chi connectivity index (χ1) is 9.92. The van der Waals surface area contributed by atoms with Crippen LogP contribution in [0.4, 0.5) is 10.5 Å². The first kappa shape index (κ1) is 15.5. The third-order valence-electron chi connectivity index (χ3n) is 2.82. The van der Waals surface area contributed by atoms with E-state index in [0.29, 0.717) is 19.2 Å². The Kier molecular flexibility index (Phi) is 4.94. The summed E-state index contributed by atoms with van der Waals surface area (Å²) in [6, 6.07) is 8.50. The van der Waals surface area contributed by atoms with Gasteiger partial charge in [-0.1, -0.05) is 6.07 Å². The molecule has 0 heterocycles. The second-order valence-electron chi connectivity index (χ2n) is 6.22. The van der Waals surface area contributed by atoms with Gasteiger partial charge in [0.05, 0.1) is 6.54 Å². The largest absolute Gasteiger partial charge is 0.492 e. The molecule has 116 valence electrons. The molecule has 1 aliphatic rings. The fraction of sp³-hybridized carbons (Fsp3) is 0.562. The van der Waals surface area contributed by atoms with Gasteiger partial charge in [0, 0.05) is 17.8 Å². The van der Waals surface area contributed by atoms with Crippen LogP contribution >= 0.6 is 0 Å². The van der Waals surface area contributed by atoms with Crippen LogP contribution in [-0.4, -0.2) is 30.9 Å². The summed E-state index contributed by atoms with van der Waals surface area (Å²) in [7, 11) is 0. The molecule has 0 aliphatic heterocycles. The number of carbonyl (C=O) groups is 1. The van der Waals surface area contributed by atoms with Gasteiger partial charge in [-0.25, -0.2) is 4.79 Å². The van der Waals surface area contributed by atoms with E-state index in [2.05, 4.69) is 10.6 Å². The van der Waals surface area contributed by atoms with Crippen molar-refractivity contribution < 1.29 is 14.3 Å². The highest BCUT2D eigenvalue weighted by molar-refractivity contribution is 5.67. The van der Waals surface area contributed by atoms with Gasteiger partial charge in [0.25, 0.3) is 0 Å². The van der Waals surface area contributed by atoms with Gasteiger partial charge >= 0.3 is 6.09 Å². The van der Waals surface area contributed by atoms with Crippen molar-refractivity contribution >= 4 is 11.8 Å². The maximum Gasteiger partial charge on any atom is 0.407 e. The Balaban J connectivity index is 1.67. The van der Waals surface area contributed by atoms with Gasteiger partial charge < -0.3 is 20.1 Å². The number of hydrogen-bond acceptors (Lipinski definition) is 4. The van der Waals surface area contributed by atoms with E-state index in [1.807, 2.05) is 45.0 Å². The van der Waals surface area contributed by atoms with Crippen LogP contribution < -0.4 is 15.4 Å². The predicted molar refractivity (Wildman–Crippen MR) is 82.8 cm³/mol. The van der Waals surface area contributed by atoms with E-state index in [-0.39, 0.29) is 0 Å². The Morgan fingerprint density at radius 2 is 2.10 bits per heavy atom. The van der Waals surface area contributed by atoms with Crippen molar-refractivity contribution in [3.63, 3.8) is 0 Å². The molecule has 1 aliphatic carbocycles. The molecule has 0 bridgehead atoms. The molecule has 2 N–H and O–H groups in total. The van der Waals surface area contributed by atoms with Crippen LogP contribution in [0, 0.1) is 0 Å². The van der Waals surface area contributed by atoms with Crippen LogP contribution in [0.1, 0.15) is 33.6 Å². The SMILES string of the molecule is CC(C)(C)OC(=O)NCCOc1cccc(NC2CC2)c1. The van der Waals surface area contributed by atoms with E-state index < -0.39 is 11.7 Å². The average Bonchev–Trinajstić information content (AvgIpc) is 3.17. The molecule has 5 nitrogen and oxygen atoms in total. The average molecular weight is 292 g/mol. The smallest absolute Gasteiger partial charge is 0.407 e. The number of nitrogens with one attached hydrogen (secondary N) is 2. The first-order valence-corrected chi connectivity index (χ1v) is 7.39. The molecule has 1 saturated carbocycles. The standard InChI is InChI=1S/C16H24N2O3/c1-16(2,3)21-15(19)17-9-10-20-14-6-4-5-13(11-14)18-12-7-8-12/h4-6,11-12,18H,7-10H2,1-3H3,(H,17,19). The minimum Gasteiger partial charge on any atom is -0.492 e. The van der Waals surface area contributed by atoms with Crippen molar-refractivity contribution in [2.45, 2.75) is 45.3 Å². The Labute approximate surface area is 126 Å². The van der Waals surface area contributed by atoms with Crippen molar-refractivity contribution in [1.82, 2.24) is 5.32 Å². The molecule has 1 fully saturated rings. The summed E-state index contributed by atoms with van der Waals surface area (Å²) in [6.07, 6.45) is 2.06. The van der Waals surface area contributed by atoms with Crippen molar-refractivity contribution in [2.24, 2.45) is 0 Å². The summed E-state index contributed by atoms with van der Waals surface area (Å²) in [5, 5.41) is 6.09. The summed E-state index contributed by atoms with van der Waals surface area (Å²) >= 11 is 0. The van der Waals surface area contributed by atoms with Gasteiger partial charge in [-0.2, -0.15) is 0 Å². The number of ether oxygens (including phenoxy) is 2. The van der Waals surface area contributed by atoms with Gasteiger partial charge in [0.1, 0.15) is 18.0 Å². The second kappa shape index (κ2) is 6.70. The molecular weight excluding hydrogens is 268 g/mol. The van der Waals surface area contributed by atoms with E-state index >= 15 is 0 Å². The van der Waals surface area contributed by atoms with Crippen LogP contribution in [0.25, 0.3) is 0 Å². The highest BCUT2D eigenvalue weighted by atomic mass is 16.6. The lowest BCUT2D eigenvalue weighted by atomic mass is 10.2. The van der Waals surface area contributed by atoms with E-state index in [1.165, 1.54) is 12.8 Å². The van der Waals surface area contributed by atoms with Gasteiger partial charge in [-0.3, -0.25) is 0 Å². The number of rotatable bonds is 6. The van der Waals surface area contributed by atoms with Gasteiger partial charge in [-0.15, -0.1) is 0 Å². The lowest BCUT2D eigenvalue weighted by Gasteiger charge is -2.19. The summed E-state index contributed by atoms with van der Waals surface area (Å²) < 4.78 is 10.8. The molecule has 0 unspecified atom stereocenters. The molecule has 2 rings (SSSR count). The Morgan fingerprint density at radius 1 is 1.33 bits per heavy atom. The summed E-state index contributed by atoms with van der Waals surface area (Å²) in [5.74, 6) is 0.798. The molecule has 1 aromatic carbocycles. The van der Waals surface area contributed by atoms with Crippen molar-refractivity contribution in [3.8, 4) is 5.75 Å². The summed E-state index contributed by atoms with van der Waals surface area (Å²) in [5.41, 5.74) is 0.600. The van der Waals surface area contributed by atoms with E-state index in [1.54, 1.807) is 0 Å². The molecule has 1 aromatic rings. The quantitative estimate of drug-likeness (QED) is 0.791. The van der Waals surface area contributed by atoms with Crippen LogP contribution in [0.2, 0.25) is 0 Å². The molecule has 0 saturated heterocycles. The lowest BCUT2D eigenvalue weighted by Crippen LogP contribution is -2.34. The zero-order chi connectivity index (χ0) is 15.3. The third-order valence-corrected chi connectivity index (χ3v) is 2.82. The maximum absolute atomic E-state index is 11.5. The molecule has 0 spiro atoms. The number of benzene rings is 1. The highest BCUT2D eigenvalue weighted by Crippen LogP contribution is 2.26. The van der Waals surface area contributed by atoms with Crippen molar-refractivity contribution in [2.75, 3.05) is 18.5 Å². The number of carbonyl (C=O) groups excluding carboxylic acids is 1.